The van der Waals surface area contributed by atoms with E-state index < -0.39 is 0 Å². The van der Waals surface area contributed by atoms with Gasteiger partial charge in [-0.25, -0.2) is 4.79 Å². The van der Waals surface area contributed by atoms with E-state index in [1.807, 2.05) is 38.1 Å². The van der Waals surface area contributed by atoms with Crippen molar-refractivity contribution in [3.63, 3.8) is 0 Å². The highest BCUT2D eigenvalue weighted by atomic mass is 35.5. The van der Waals surface area contributed by atoms with Crippen LogP contribution in [0.2, 0.25) is 5.02 Å². The Morgan fingerprint density at radius 3 is 3.00 bits per heavy atom. The number of aromatic nitrogens is 1. The van der Waals surface area contributed by atoms with Crippen LogP contribution in [-0.4, -0.2) is 30.3 Å². The molecule has 1 aromatic heterocycles. The summed E-state index contributed by atoms with van der Waals surface area (Å²) >= 11 is 6.04. The Morgan fingerprint density at radius 2 is 2.29 bits per heavy atom. The number of hydrogen-bond donors (Lipinski definition) is 2. The minimum atomic E-state index is -0.173. The molecule has 6 nitrogen and oxygen atoms in total. The number of carbonyl (C=O) groups excluding carboxylic acids is 1. The van der Waals surface area contributed by atoms with Gasteiger partial charge in [0.2, 0.25) is 0 Å². The summed E-state index contributed by atoms with van der Waals surface area (Å²) in [7, 11) is 0. The van der Waals surface area contributed by atoms with Crippen molar-refractivity contribution in [3.05, 3.63) is 46.3 Å². The molecule has 1 atom stereocenters. The molecule has 1 saturated heterocycles. The highest BCUT2D eigenvalue weighted by molar-refractivity contribution is 6.30. The van der Waals surface area contributed by atoms with Crippen LogP contribution < -0.4 is 15.5 Å². The predicted molar refractivity (Wildman–Crippen MR) is 93.4 cm³/mol. The van der Waals surface area contributed by atoms with Crippen LogP contribution in [0.3, 0.4) is 0 Å². The number of urea groups is 1. The van der Waals surface area contributed by atoms with Crippen molar-refractivity contribution in [2.45, 2.75) is 32.9 Å². The van der Waals surface area contributed by atoms with Crippen molar-refractivity contribution < 1.29 is 9.32 Å². The van der Waals surface area contributed by atoms with E-state index in [4.69, 9.17) is 16.1 Å². The Labute approximate surface area is 146 Å². The lowest BCUT2D eigenvalue weighted by atomic mass is 10.2. The molecule has 3 rings (SSSR count). The van der Waals surface area contributed by atoms with Gasteiger partial charge >= 0.3 is 6.03 Å². The molecule has 128 valence electrons. The lowest BCUT2D eigenvalue weighted by Crippen LogP contribution is -2.43. The molecule has 24 heavy (non-hydrogen) atoms. The first-order valence-corrected chi connectivity index (χ1v) is 8.37. The summed E-state index contributed by atoms with van der Waals surface area (Å²) < 4.78 is 5.09. The molecule has 0 unspecified atom stereocenters. The Morgan fingerprint density at radius 1 is 1.46 bits per heavy atom. The molecule has 2 aromatic rings. The predicted octanol–water partition coefficient (Wildman–Crippen LogP) is 3.02. The lowest BCUT2D eigenvalue weighted by Gasteiger charge is -2.19. The zero-order valence-electron chi connectivity index (χ0n) is 13.8. The van der Waals surface area contributed by atoms with Gasteiger partial charge in [0.25, 0.3) is 0 Å². The van der Waals surface area contributed by atoms with Gasteiger partial charge in [0.05, 0.1) is 5.69 Å². The van der Waals surface area contributed by atoms with Crippen molar-refractivity contribution in [1.29, 1.82) is 0 Å². The Kier molecular flexibility index (Phi) is 4.94. The second kappa shape index (κ2) is 7.13. The maximum atomic E-state index is 12.1. The normalized spacial score (nSPS) is 17.1. The van der Waals surface area contributed by atoms with Gasteiger partial charge in [0.1, 0.15) is 5.76 Å². The second-order valence-corrected chi connectivity index (χ2v) is 6.48. The van der Waals surface area contributed by atoms with Gasteiger partial charge < -0.3 is 20.1 Å². The Balaban J connectivity index is 1.49. The van der Waals surface area contributed by atoms with E-state index in [2.05, 4.69) is 20.7 Å². The lowest BCUT2D eigenvalue weighted by molar-refractivity contribution is 0.237. The molecule has 0 radical (unpaired) electrons. The average molecular weight is 349 g/mol. The van der Waals surface area contributed by atoms with Gasteiger partial charge in [0.15, 0.2) is 0 Å². The summed E-state index contributed by atoms with van der Waals surface area (Å²) in [6, 6.07) is 7.72. The number of aryl methyl sites for hydroxylation is 2. The molecule has 1 aromatic carbocycles. The molecule has 7 heteroatoms. The fourth-order valence-electron chi connectivity index (χ4n) is 2.94. The van der Waals surface area contributed by atoms with Crippen molar-refractivity contribution >= 4 is 23.3 Å². The number of anilines is 1. The summed E-state index contributed by atoms with van der Waals surface area (Å²) in [5, 5.41) is 10.5. The summed E-state index contributed by atoms with van der Waals surface area (Å²) in [4.78, 5) is 14.3. The average Bonchev–Trinajstić information content (AvgIpc) is 3.13. The van der Waals surface area contributed by atoms with E-state index >= 15 is 0 Å². The van der Waals surface area contributed by atoms with Gasteiger partial charge in [-0.05, 0) is 38.5 Å². The summed E-state index contributed by atoms with van der Waals surface area (Å²) in [6.07, 6.45) is 0.908. The first-order chi connectivity index (χ1) is 11.5. The van der Waals surface area contributed by atoms with Crippen LogP contribution in [0.5, 0.6) is 0 Å². The smallest absolute Gasteiger partial charge is 0.315 e. The number of amides is 2. The summed E-state index contributed by atoms with van der Waals surface area (Å²) in [5.74, 6) is 0.737. The fourth-order valence-corrected chi connectivity index (χ4v) is 3.13. The molecule has 0 bridgehead atoms. The number of rotatable bonds is 4. The molecule has 1 fully saturated rings. The van der Waals surface area contributed by atoms with Crippen molar-refractivity contribution in [2.24, 2.45) is 0 Å². The molecular formula is C17H21ClN4O2. The number of hydrogen-bond acceptors (Lipinski definition) is 4. The number of halogens is 1. The van der Waals surface area contributed by atoms with Gasteiger partial charge in [-0.3, -0.25) is 0 Å². The van der Waals surface area contributed by atoms with E-state index in [-0.39, 0.29) is 12.1 Å². The standard InChI is InChI=1S/C17H21ClN4O2/c1-11-16(12(2)24-21-11)9-19-17(23)20-14-6-7-22(10-14)15-5-3-4-13(18)8-15/h3-5,8,14H,6-7,9-10H2,1-2H3,(H2,19,20,23)/t14-/m0/s1. The largest absolute Gasteiger partial charge is 0.369 e. The van der Waals surface area contributed by atoms with E-state index in [9.17, 15) is 4.79 Å². The van der Waals surface area contributed by atoms with Crippen molar-refractivity contribution in [1.82, 2.24) is 15.8 Å². The molecule has 2 heterocycles. The molecule has 0 spiro atoms. The summed E-state index contributed by atoms with van der Waals surface area (Å²) in [6.45, 7) is 5.80. The SMILES string of the molecule is Cc1noc(C)c1CNC(=O)N[C@H]1CCN(c2cccc(Cl)c2)C1. The topological polar surface area (TPSA) is 70.4 Å². The fraction of sp³-hybridized carbons (Fsp3) is 0.412. The van der Waals surface area contributed by atoms with Gasteiger partial charge in [-0.15, -0.1) is 0 Å². The van der Waals surface area contributed by atoms with Crippen LogP contribution in [0, 0.1) is 13.8 Å². The minimum absolute atomic E-state index is 0.119. The first kappa shape index (κ1) is 16.6. The van der Waals surface area contributed by atoms with Crippen LogP contribution in [0.1, 0.15) is 23.4 Å². The highest BCUT2D eigenvalue weighted by Gasteiger charge is 2.24. The van der Waals surface area contributed by atoms with Gasteiger partial charge in [-0.2, -0.15) is 0 Å². The van der Waals surface area contributed by atoms with E-state index in [0.717, 1.165) is 47.2 Å². The maximum absolute atomic E-state index is 12.1. The van der Waals surface area contributed by atoms with Gasteiger partial charge in [-0.1, -0.05) is 22.8 Å². The second-order valence-electron chi connectivity index (χ2n) is 6.04. The monoisotopic (exact) mass is 348 g/mol. The number of carbonyl (C=O) groups is 1. The zero-order chi connectivity index (χ0) is 17.1. The Bertz CT molecular complexity index is 712. The van der Waals surface area contributed by atoms with E-state index in [1.165, 1.54) is 0 Å². The van der Waals surface area contributed by atoms with E-state index in [1.54, 1.807) is 0 Å². The Hall–Kier alpha value is -2.21. The summed E-state index contributed by atoms with van der Waals surface area (Å²) in [5.41, 5.74) is 2.82. The molecule has 2 N–H and O–H groups in total. The number of nitrogens with zero attached hydrogens (tertiary/aromatic N) is 2. The third-order valence-electron chi connectivity index (χ3n) is 4.30. The molecule has 0 aliphatic carbocycles. The van der Waals surface area contributed by atoms with Crippen LogP contribution in [0.15, 0.2) is 28.8 Å². The van der Waals surface area contributed by atoms with Crippen LogP contribution in [0.25, 0.3) is 0 Å². The highest BCUT2D eigenvalue weighted by Crippen LogP contribution is 2.23. The minimum Gasteiger partial charge on any atom is -0.369 e. The number of nitrogens with one attached hydrogen (secondary N) is 2. The quantitative estimate of drug-likeness (QED) is 0.891. The molecule has 1 aliphatic rings. The third kappa shape index (κ3) is 3.82. The van der Waals surface area contributed by atoms with Crippen LogP contribution >= 0.6 is 11.6 Å². The molecule has 1 aliphatic heterocycles. The number of benzene rings is 1. The molecule has 0 saturated carbocycles. The van der Waals surface area contributed by atoms with Crippen molar-refractivity contribution in [2.75, 3.05) is 18.0 Å². The molecule has 2 amide bonds. The van der Waals surface area contributed by atoms with Crippen LogP contribution in [0.4, 0.5) is 10.5 Å². The maximum Gasteiger partial charge on any atom is 0.315 e. The molecular weight excluding hydrogens is 328 g/mol. The van der Waals surface area contributed by atoms with Gasteiger partial charge in [0, 0.05) is 41.9 Å². The van der Waals surface area contributed by atoms with Crippen LogP contribution in [-0.2, 0) is 6.54 Å². The van der Waals surface area contributed by atoms with Crippen molar-refractivity contribution in [3.8, 4) is 0 Å². The first-order valence-electron chi connectivity index (χ1n) is 7.99. The third-order valence-corrected chi connectivity index (χ3v) is 4.54. The van der Waals surface area contributed by atoms with E-state index in [0.29, 0.717) is 6.54 Å². The zero-order valence-corrected chi connectivity index (χ0v) is 14.6.